The number of hydrogen-bond donors (Lipinski definition) is 1. The maximum absolute atomic E-state index is 10.2. The van der Waals surface area contributed by atoms with Crippen molar-refractivity contribution in [1.82, 2.24) is 4.90 Å². The van der Waals surface area contributed by atoms with Crippen LogP contribution in [0.25, 0.3) is 0 Å². The molecule has 4 heteroatoms. The van der Waals surface area contributed by atoms with Gasteiger partial charge in [0.15, 0.2) is 0 Å². The molecule has 1 aromatic rings. The Morgan fingerprint density at radius 1 is 1.53 bits per heavy atom. The summed E-state index contributed by atoms with van der Waals surface area (Å²) >= 11 is 6.07. The number of aliphatic hydroxyl groups excluding tert-OH is 1. The lowest BCUT2D eigenvalue weighted by Gasteiger charge is -2.34. The van der Waals surface area contributed by atoms with Gasteiger partial charge in [0.25, 0.3) is 0 Å². The average Bonchev–Trinajstić information content (AvgIpc) is 2.32. The summed E-state index contributed by atoms with van der Waals surface area (Å²) in [5.41, 5.74) is 0.799. The molecule has 17 heavy (non-hydrogen) atoms. The number of hydrogen-bond acceptors (Lipinski definition) is 3. The molecule has 0 amide bonds. The van der Waals surface area contributed by atoms with Gasteiger partial charge in [-0.15, -0.1) is 0 Å². The Bertz CT molecular complexity index is 372. The SMILES string of the molecule is C[C@@H]1COCCN1C[C@H](O)c1ccccc1Cl. The van der Waals surface area contributed by atoms with Crippen LogP contribution in [0, 0.1) is 0 Å². The van der Waals surface area contributed by atoms with Crippen LogP contribution in [0.15, 0.2) is 24.3 Å². The highest BCUT2D eigenvalue weighted by Gasteiger charge is 2.22. The van der Waals surface area contributed by atoms with Crippen molar-refractivity contribution in [3.63, 3.8) is 0 Å². The van der Waals surface area contributed by atoms with E-state index in [-0.39, 0.29) is 0 Å². The number of ether oxygens (including phenoxy) is 1. The van der Waals surface area contributed by atoms with Gasteiger partial charge in [0.2, 0.25) is 0 Å². The zero-order valence-corrected chi connectivity index (χ0v) is 10.7. The van der Waals surface area contributed by atoms with Gasteiger partial charge < -0.3 is 9.84 Å². The molecule has 0 aromatic heterocycles. The lowest BCUT2D eigenvalue weighted by atomic mass is 10.1. The van der Waals surface area contributed by atoms with Gasteiger partial charge in [-0.2, -0.15) is 0 Å². The monoisotopic (exact) mass is 255 g/mol. The van der Waals surface area contributed by atoms with E-state index in [1.807, 2.05) is 24.3 Å². The van der Waals surface area contributed by atoms with Crippen LogP contribution in [0.2, 0.25) is 5.02 Å². The summed E-state index contributed by atoms with van der Waals surface area (Å²) in [4.78, 5) is 2.23. The van der Waals surface area contributed by atoms with E-state index in [1.165, 1.54) is 0 Å². The molecule has 1 aliphatic rings. The minimum absolute atomic E-state index is 0.348. The minimum atomic E-state index is -0.538. The van der Waals surface area contributed by atoms with Gasteiger partial charge in [-0.1, -0.05) is 29.8 Å². The zero-order chi connectivity index (χ0) is 12.3. The van der Waals surface area contributed by atoms with Crippen molar-refractivity contribution in [1.29, 1.82) is 0 Å². The third kappa shape index (κ3) is 3.19. The highest BCUT2D eigenvalue weighted by Crippen LogP contribution is 2.24. The molecule has 1 aromatic carbocycles. The first-order chi connectivity index (χ1) is 8.18. The number of aliphatic hydroxyl groups is 1. The normalized spacial score (nSPS) is 23.6. The van der Waals surface area contributed by atoms with Crippen molar-refractivity contribution in [2.24, 2.45) is 0 Å². The molecule has 0 bridgehead atoms. The summed E-state index contributed by atoms with van der Waals surface area (Å²) in [6, 6.07) is 7.80. The molecule has 2 atom stereocenters. The first-order valence-electron chi connectivity index (χ1n) is 5.93. The third-order valence-corrected chi connectivity index (χ3v) is 3.52. The Labute approximate surface area is 107 Å². The van der Waals surface area contributed by atoms with E-state index in [1.54, 1.807) is 0 Å². The van der Waals surface area contributed by atoms with Crippen molar-refractivity contribution in [2.45, 2.75) is 19.1 Å². The van der Waals surface area contributed by atoms with Gasteiger partial charge >= 0.3 is 0 Å². The smallest absolute Gasteiger partial charge is 0.0931 e. The molecule has 1 aliphatic heterocycles. The predicted octanol–water partition coefficient (Wildman–Crippen LogP) is 2.09. The fourth-order valence-electron chi connectivity index (χ4n) is 2.10. The molecular formula is C13H18ClNO2. The van der Waals surface area contributed by atoms with E-state index in [0.717, 1.165) is 25.3 Å². The predicted molar refractivity (Wildman–Crippen MR) is 68.3 cm³/mol. The Kier molecular flexibility index (Phi) is 4.40. The van der Waals surface area contributed by atoms with Crippen LogP contribution < -0.4 is 0 Å². The molecule has 0 spiro atoms. The molecule has 3 nitrogen and oxygen atoms in total. The van der Waals surface area contributed by atoms with E-state index >= 15 is 0 Å². The van der Waals surface area contributed by atoms with Crippen LogP contribution >= 0.6 is 11.6 Å². The highest BCUT2D eigenvalue weighted by atomic mass is 35.5. The summed E-state index contributed by atoms with van der Waals surface area (Å²) in [5.74, 6) is 0. The van der Waals surface area contributed by atoms with Crippen LogP contribution in [0.1, 0.15) is 18.6 Å². The first kappa shape index (κ1) is 12.8. The zero-order valence-electron chi connectivity index (χ0n) is 9.97. The molecule has 94 valence electrons. The Morgan fingerprint density at radius 3 is 3.00 bits per heavy atom. The standard InChI is InChI=1S/C13H18ClNO2/c1-10-9-17-7-6-15(10)8-13(16)11-4-2-3-5-12(11)14/h2-5,10,13,16H,6-9H2,1H3/t10-,13+/m1/s1. The number of benzene rings is 1. The van der Waals surface area contributed by atoms with E-state index < -0.39 is 6.10 Å². The van der Waals surface area contributed by atoms with Gasteiger partial charge in [-0.25, -0.2) is 0 Å². The fourth-order valence-corrected chi connectivity index (χ4v) is 2.36. The van der Waals surface area contributed by atoms with Gasteiger partial charge in [0, 0.05) is 29.7 Å². The van der Waals surface area contributed by atoms with E-state index in [2.05, 4.69) is 11.8 Å². The van der Waals surface area contributed by atoms with Crippen LogP contribution in [0.4, 0.5) is 0 Å². The Morgan fingerprint density at radius 2 is 2.29 bits per heavy atom. The molecular weight excluding hydrogens is 238 g/mol. The van der Waals surface area contributed by atoms with Gasteiger partial charge in [-0.3, -0.25) is 4.90 Å². The second-order valence-corrected chi connectivity index (χ2v) is 4.86. The minimum Gasteiger partial charge on any atom is -0.387 e. The average molecular weight is 256 g/mol. The summed E-state index contributed by atoms with van der Waals surface area (Å²) < 4.78 is 5.37. The van der Waals surface area contributed by atoms with Crippen molar-refractivity contribution in [3.8, 4) is 0 Å². The molecule has 0 aliphatic carbocycles. The number of morpholine rings is 1. The van der Waals surface area contributed by atoms with Crippen molar-refractivity contribution < 1.29 is 9.84 Å². The van der Waals surface area contributed by atoms with Crippen molar-refractivity contribution in [2.75, 3.05) is 26.3 Å². The van der Waals surface area contributed by atoms with Gasteiger partial charge in [-0.05, 0) is 13.0 Å². The number of halogens is 1. The molecule has 1 N–H and O–H groups in total. The fraction of sp³-hybridized carbons (Fsp3) is 0.538. The van der Waals surface area contributed by atoms with E-state index in [0.29, 0.717) is 17.6 Å². The number of rotatable bonds is 3. The van der Waals surface area contributed by atoms with E-state index in [4.69, 9.17) is 16.3 Å². The van der Waals surface area contributed by atoms with E-state index in [9.17, 15) is 5.11 Å². The van der Waals surface area contributed by atoms with Crippen LogP contribution in [-0.2, 0) is 4.74 Å². The second-order valence-electron chi connectivity index (χ2n) is 4.46. The van der Waals surface area contributed by atoms with Crippen molar-refractivity contribution in [3.05, 3.63) is 34.9 Å². The lowest BCUT2D eigenvalue weighted by molar-refractivity contribution is -0.0202. The molecule has 1 heterocycles. The molecule has 0 radical (unpaired) electrons. The van der Waals surface area contributed by atoms with Crippen LogP contribution in [0.5, 0.6) is 0 Å². The second kappa shape index (κ2) is 5.83. The molecule has 1 fully saturated rings. The molecule has 2 rings (SSSR count). The molecule has 0 saturated carbocycles. The maximum atomic E-state index is 10.2. The Hall–Kier alpha value is -0.610. The van der Waals surface area contributed by atoms with Gasteiger partial charge in [0.1, 0.15) is 0 Å². The van der Waals surface area contributed by atoms with Gasteiger partial charge in [0.05, 0.1) is 19.3 Å². The summed E-state index contributed by atoms with van der Waals surface area (Å²) in [5, 5.41) is 10.8. The largest absolute Gasteiger partial charge is 0.387 e. The number of β-amino-alcohol motifs (C(OH)–C–C–N with tert-alkyl or cyclic N) is 1. The number of nitrogens with zero attached hydrogens (tertiary/aromatic N) is 1. The van der Waals surface area contributed by atoms with Crippen LogP contribution in [0.3, 0.4) is 0 Å². The quantitative estimate of drug-likeness (QED) is 0.898. The molecule has 0 unspecified atom stereocenters. The summed E-state index contributed by atoms with van der Waals surface area (Å²) in [6.07, 6.45) is -0.538. The highest BCUT2D eigenvalue weighted by molar-refractivity contribution is 6.31. The molecule has 1 saturated heterocycles. The lowest BCUT2D eigenvalue weighted by Crippen LogP contribution is -2.45. The van der Waals surface area contributed by atoms with Crippen molar-refractivity contribution >= 4 is 11.6 Å². The topological polar surface area (TPSA) is 32.7 Å². The Balaban J connectivity index is 2.01. The maximum Gasteiger partial charge on any atom is 0.0931 e. The first-order valence-corrected chi connectivity index (χ1v) is 6.30. The summed E-state index contributed by atoms with van der Waals surface area (Å²) in [6.45, 7) is 5.05. The van der Waals surface area contributed by atoms with Crippen LogP contribution in [-0.4, -0.2) is 42.4 Å². The summed E-state index contributed by atoms with van der Waals surface area (Å²) in [7, 11) is 0. The third-order valence-electron chi connectivity index (χ3n) is 3.18.